The second-order valence-electron chi connectivity index (χ2n) is 6.52. The van der Waals surface area contributed by atoms with Crippen molar-refractivity contribution in [2.75, 3.05) is 32.7 Å². The molecule has 0 spiro atoms. The van der Waals surface area contributed by atoms with Crippen molar-refractivity contribution < 1.29 is 13.2 Å². The molecule has 22 heavy (non-hydrogen) atoms. The summed E-state index contributed by atoms with van der Waals surface area (Å²) in [5.74, 6) is 0.683. The summed E-state index contributed by atoms with van der Waals surface area (Å²) in [6, 6.07) is 6.70. The number of piperazine rings is 1. The average Bonchev–Trinajstić information content (AvgIpc) is 2.46. The van der Waals surface area contributed by atoms with E-state index in [-0.39, 0.29) is 5.60 Å². The highest BCUT2D eigenvalue weighted by molar-refractivity contribution is 7.89. The molecule has 5 nitrogen and oxygen atoms in total. The molecule has 124 valence electrons. The summed E-state index contributed by atoms with van der Waals surface area (Å²) in [6.07, 6.45) is 0. The lowest BCUT2D eigenvalue weighted by molar-refractivity contribution is 0.131. The third-order valence-electron chi connectivity index (χ3n) is 3.66. The summed E-state index contributed by atoms with van der Waals surface area (Å²) in [5, 5.41) is 0. The van der Waals surface area contributed by atoms with E-state index >= 15 is 0 Å². The maximum atomic E-state index is 12.6. The van der Waals surface area contributed by atoms with E-state index in [9.17, 15) is 8.42 Å². The van der Waals surface area contributed by atoms with Crippen LogP contribution in [0.25, 0.3) is 0 Å². The smallest absolute Gasteiger partial charge is 0.243 e. The SMILES string of the molecule is CCN1CCN(S(=O)(=O)c2ccc(OC(C)(C)C)cc2)CC1. The Labute approximate surface area is 133 Å². The van der Waals surface area contributed by atoms with Crippen LogP contribution >= 0.6 is 0 Å². The van der Waals surface area contributed by atoms with Crippen LogP contribution in [-0.2, 0) is 10.0 Å². The van der Waals surface area contributed by atoms with Crippen LogP contribution in [0.1, 0.15) is 27.7 Å². The van der Waals surface area contributed by atoms with Crippen LogP contribution in [0.15, 0.2) is 29.2 Å². The second-order valence-corrected chi connectivity index (χ2v) is 8.46. The highest BCUT2D eigenvalue weighted by Gasteiger charge is 2.28. The first-order valence-corrected chi connectivity index (χ1v) is 9.18. The Bertz CT molecular complexity index is 583. The van der Waals surface area contributed by atoms with Gasteiger partial charge in [0.15, 0.2) is 0 Å². The summed E-state index contributed by atoms with van der Waals surface area (Å²) in [7, 11) is -3.40. The van der Waals surface area contributed by atoms with Crippen LogP contribution in [0, 0.1) is 0 Å². The molecule has 1 aliphatic rings. The molecule has 0 atom stereocenters. The fraction of sp³-hybridized carbons (Fsp3) is 0.625. The van der Waals surface area contributed by atoms with Crippen molar-refractivity contribution in [2.24, 2.45) is 0 Å². The molecule has 1 heterocycles. The van der Waals surface area contributed by atoms with Gasteiger partial charge in [0.05, 0.1) is 4.90 Å². The predicted octanol–water partition coefficient (Wildman–Crippen LogP) is 2.19. The minimum atomic E-state index is -3.40. The Kier molecular flexibility index (Phi) is 5.14. The minimum Gasteiger partial charge on any atom is -0.488 e. The van der Waals surface area contributed by atoms with E-state index in [2.05, 4.69) is 11.8 Å². The topological polar surface area (TPSA) is 49.9 Å². The lowest BCUT2D eigenvalue weighted by Crippen LogP contribution is -2.48. The first-order chi connectivity index (χ1) is 10.2. The molecule has 1 aromatic carbocycles. The molecule has 2 rings (SSSR count). The van der Waals surface area contributed by atoms with Crippen LogP contribution in [0.4, 0.5) is 0 Å². The van der Waals surface area contributed by atoms with Gasteiger partial charge in [0.2, 0.25) is 10.0 Å². The van der Waals surface area contributed by atoms with E-state index in [0.717, 1.165) is 19.6 Å². The zero-order chi connectivity index (χ0) is 16.4. The van der Waals surface area contributed by atoms with Gasteiger partial charge in [-0.15, -0.1) is 0 Å². The Morgan fingerprint density at radius 1 is 1.05 bits per heavy atom. The van der Waals surface area contributed by atoms with Gasteiger partial charge in [0, 0.05) is 26.2 Å². The predicted molar refractivity (Wildman–Crippen MR) is 87.7 cm³/mol. The summed E-state index contributed by atoms with van der Waals surface area (Å²) in [4.78, 5) is 2.59. The maximum absolute atomic E-state index is 12.6. The number of sulfonamides is 1. The van der Waals surface area contributed by atoms with Gasteiger partial charge in [-0.05, 0) is 51.6 Å². The fourth-order valence-corrected chi connectivity index (χ4v) is 3.89. The molecule has 0 unspecified atom stereocenters. The number of likely N-dealkylation sites (N-methyl/N-ethyl adjacent to an activating group) is 1. The normalized spacial score (nSPS) is 18.4. The van der Waals surface area contributed by atoms with Crippen LogP contribution in [-0.4, -0.2) is 55.9 Å². The molecule has 0 amide bonds. The number of ether oxygens (including phenoxy) is 1. The van der Waals surface area contributed by atoms with Crippen LogP contribution in [0.2, 0.25) is 0 Å². The Morgan fingerprint density at radius 3 is 2.05 bits per heavy atom. The molecule has 0 N–H and O–H groups in total. The van der Waals surface area contributed by atoms with Gasteiger partial charge in [0.25, 0.3) is 0 Å². The summed E-state index contributed by atoms with van der Waals surface area (Å²) in [6.45, 7) is 11.6. The molecule has 0 radical (unpaired) electrons. The Morgan fingerprint density at radius 2 is 1.59 bits per heavy atom. The first-order valence-electron chi connectivity index (χ1n) is 7.74. The van der Waals surface area contributed by atoms with Gasteiger partial charge < -0.3 is 9.64 Å². The van der Waals surface area contributed by atoms with Crippen LogP contribution in [0.5, 0.6) is 5.75 Å². The van der Waals surface area contributed by atoms with E-state index in [1.54, 1.807) is 28.6 Å². The van der Waals surface area contributed by atoms with Crippen molar-refractivity contribution >= 4 is 10.0 Å². The molecule has 1 aromatic rings. The number of hydrogen-bond acceptors (Lipinski definition) is 4. The average molecular weight is 326 g/mol. The molecular formula is C16H26N2O3S. The number of benzene rings is 1. The highest BCUT2D eigenvalue weighted by Crippen LogP contribution is 2.23. The molecule has 0 aliphatic carbocycles. The lowest BCUT2D eigenvalue weighted by Gasteiger charge is -2.33. The van der Waals surface area contributed by atoms with E-state index in [4.69, 9.17) is 4.74 Å². The van der Waals surface area contributed by atoms with Gasteiger partial charge >= 0.3 is 0 Å². The van der Waals surface area contributed by atoms with Crippen molar-refractivity contribution in [1.82, 2.24) is 9.21 Å². The minimum absolute atomic E-state index is 0.295. The van der Waals surface area contributed by atoms with Crippen molar-refractivity contribution in [3.8, 4) is 5.75 Å². The molecule has 0 saturated carbocycles. The van der Waals surface area contributed by atoms with Gasteiger partial charge in [-0.25, -0.2) is 8.42 Å². The zero-order valence-corrected chi connectivity index (χ0v) is 14.7. The molecule has 0 bridgehead atoms. The summed E-state index contributed by atoms with van der Waals surface area (Å²) >= 11 is 0. The number of rotatable bonds is 4. The summed E-state index contributed by atoms with van der Waals surface area (Å²) in [5.41, 5.74) is -0.295. The fourth-order valence-electron chi connectivity index (χ4n) is 2.47. The van der Waals surface area contributed by atoms with E-state index in [0.29, 0.717) is 23.7 Å². The van der Waals surface area contributed by atoms with Crippen LogP contribution < -0.4 is 4.74 Å². The van der Waals surface area contributed by atoms with E-state index in [1.165, 1.54) is 0 Å². The quantitative estimate of drug-likeness (QED) is 0.851. The monoisotopic (exact) mass is 326 g/mol. The van der Waals surface area contributed by atoms with Crippen molar-refractivity contribution in [1.29, 1.82) is 0 Å². The van der Waals surface area contributed by atoms with E-state index < -0.39 is 10.0 Å². The second kappa shape index (κ2) is 6.56. The molecular weight excluding hydrogens is 300 g/mol. The molecule has 6 heteroatoms. The lowest BCUT2D eigenvalue weighted by atomic mass is 10.2. The first kappa shape index (κ1) is 17.2. The third-order valence-corrected chi connectivity index (χ3v) is 5.58. The molecule has 1 saturated heterocycles. The number of nitrogens with zero attached hydrogens (tertiary/aromatic N) is 2. The van der Waals surface area contributed by atoms with Crippen LogP contribution in [0.3, 0.4) is 0 Å². The maximum Gasteiger partial charge on any atom is 0.243 e. The third kappa shape index (κ3) is 4.21. The van der Waals surface area contributed by atoms with Gasteiger partial charge in [-0.3, -0.25) is 0 Å². The standard InChI is InChI=1S/C16H26N2O3S/c1-5-17-10-12-18(13-11-17)22(19,20)15-8-6-14(7-9-15)21-16(2,3)4/h6-9H,5,10-13H2,1-4H3. The zero-order valence-electron chi connectivity index (χ0n) is 13.9. The van der Waals surface area contributed by atoms with Crippen molar-refractivity contribution in [3.05, 3.63) is 24.3 Å². The van der Waals surface area contributed by atoms with E-state index in [1.807, 2.05) is 20.8 Å². The largest absolute Gasteiger partial charge is 0.488 e. The van der Waals surface area contributed by atoms with Gasteiger partial charge in [-0.2, -0.15) is 4.31 Å². The molecule has 1 fully saturated rings. The Hall–Kier alpha value is -1.11. The Balaban J connectivity index is 2.10. The highest BCUT2D eigenvalue weighted by atomic mass is 32.2. The van der Waals surface area contributed by atoms with Crippen molar-refractivity contribution in [3.63, 3.8) is 0 Å². The van der Waals surface area contributed by atoms with Crippen molar-refractivity contribution in [2.45, 2.75) is 38.2 Å². The van der Waals surface area contributed by atoms with Gasteiger partial charge in [0.1, 0.15) is 11.4 Å². The number of hydrogen-bond donors (Lipinski definition) is 0. The molecule has 1 aliphatic heterocycles. The van der Waals surface area contributed by atoms with Gasteiger partial charge in [-0.1, -0.05) is 6.92 Å². The molecule has 0 aromatic heterocycles. The summed E-state index contributed by atoms with van der Waals surface area (Å²) < 4.78 is 32.6.